The summed E-state index contributed by atoms with van der Waals surface area (Å²) in [4.78, 5) is 4.03. The van der Waals surface area contributed by atoms with Crippen LogP contribution in [0.15, 0.2) is 36.9 Å². The van der Waals surface area contributed by atoms with Crippen molar-refractivity contribution in [2.24, 2.45) is 5.73 Å². The fraction of sp³-hybridized carbons (Fsp3) is 0.357. The third kappa shape index (κ3) is 1.93. The van der Waals surface area contributed by atoms with Gasteiger partial charge in [-0.25, -0.2) is 4.98 Å². The molecule has 0 saturated heterocycles. The zero-order valence-corrected chi connectivity index (χ0v) is 10.9. The fourth-order valence-electron chi connectivity index (χ4n) is 2.72. The predicted octanol–water partition coefficient (Wildman–Crippen LogP) is 3.25. The lowest BCUT2D eigenvalue weighted by Crippen LogP contribution is -2.33. The molecule has 3 nitrogen and oxygen atoms in total. The lowest BCUT2D eigenvalue weighted by atomic mass is 9.89. The zero-order valence-electron chi connectivity index (χ0n) is 10.1. The third-order valence-corrected chi connectivity index (χ3v) is 4.10. The van der Waals surface area contributed by atoms with Crippen molar-refractivity contribution in [1.82, 2.24) is 9.55 Å². The van der Waals surface area contributed by atoms with Gasteiger partial charge in [-0.05, 0) is 30.5 Å². The second-order valence-corrected chi connectivity index (χ2v) is 5.41. The molecule has 0 atom stereocenters. The molecule has 2 N–H and O–H groups in total. The Morgan fingerprint density at radius 3 is 2.67 bits per heavy atom. The highest BCUT2D eigenvalue weighted by Crippen LogP contribution is 2.38. The van der Waals surface area contributed by atoms with Crippen LogP contribution in [0, 0.1) is 0 Å². The minimum absolute atomic E-state index is 0.183. The van der Waals surface area contributed by atoms with Gasteiger partial charge in [0.05, 0.1) is 17.0 Å². The molecule has 1 aromatic carbocycles. The van der Waals surface area contributed by atoms with Crippen molar-refractivity contribution in [2.75, 3.05) is 0 Å². The largest absolute Gasteiger partial charge is 0.321 e. The Kier molecular flexibility index (Phi) is 2.88. The second-order valence-electron chi connectivity index (χ2n) is 5.00. The molecule has 4 heteroatoms. The summed E-state index contributed by atoms with van der Waals surface area (Å²) in [5.74, 6) is 0. The average molecular weight is 262 g/mol. The number of rotatable bonds is 2. The van der Waals surface area contributed by atoms with Crippen LogP contribution in [0.25, 0.3) is 5.69 Å². The standard InChI is InChI=1S/C14H16ClN3/c15-12-9-11(14(16)5-1-2-6-14)3-4-13(12)18-8-7-17-10-18/h3-4,7-10H,1-2,5-6,16H2. The second kappa shape index (κ2) is 4.41. The van der Waals surface area contributed by atoms with E-state index >= 15 is 0 Å². The van der Waals surface area contributed by atoms with E-state index in [0.29, 0.717) is 0 Å². The van der Waals surface area contributed by atoms with Crippen molar-refractivity contribution in [3.63, 3.8) is 0 Å². The Bertz CT molecular complexity index is 542. The van der Waals surface area contributed by atoms with Gasteiger partial charge < -0.3 is 10.3 Å². The first-order valence-corrected chi connectivity index (χ1v) is 6.64. The normalized spacial score (nSPS) is 18.1. The van der Waals surface area contributed by atoms with E-state index in [2.05, 4.69) is 11.1 Å². The van der Waals surface area contributed by atoms with Crippen molar-refractivity contribution >= 4 is 11.6 Å². The van der Waals surface area contributed by atoms with Crippen LogP contribution in [0.3, 0.4) is 0 Å². The molecule has 1 saturated carbocycles. The van der Waals surface area contributed by atoms with E-state index < -0.39 is 0 Å². The number of aromatic nitrogens is 2. The lowest BCUT2D eigenvalue weighted by Gasteiger charge is -2.24. The van der Waals surface area contributed by atoms with Gasteiger partial charge in [0.15, 0.2) is 0 Å². The molecule has 0 bridgehead atoms. The monoisotopic (exact) mass is 261 g/mol. The number of hydrogen-bond donors (Lipinski definition) is 1. The van der Waals surface area contributed by atoms with Crippen LogP contribution >= 0.6 is 11.6 Å². The van der Waals surface area contributed by atoms with Crippen LogP contribution in [0.5, 0.6) is 0 Å². The Morgan fingerprint density at radius 1 is 1.28 bits per heavy atom. The van der Waals surface area contributed by atoms with E-state index in [1.807, 2.05) is 22.9 Å². The molecule has 94 valence electrons. The van der Waals surface area contributed by atoms with Crippen molar-refractivity contribution in [3.05, 3.63) is 47.5 Å². The molecule has 1 fully saturated rings. The molecule has 0 unspecified atom stereocenters. The topological polar surface area (TPSA) is 43.8 Å². The molecule has 2 aromatic rings. The molecule has 1 heterocycles. The van der Waals surface area contributed by atoms with Crippen LogP contribution in [0.2, 0.25) is 5.02 Å². The number of benzene rings is 1. The van der Waals surface area contributed by atoms with E-state index in [4.69, 9.17) is 17.3 Å². The van der Waals surface area contributed by atoms with Crippen LogP contribution in [-0.4, -0.2) is 9.55 Å². The summed E-state index contributed by atoms with van der Waals surface area (Å²) in [6, 6.07) is 6.11. The van der Waals surface area contributed by atoms with Crippen LogP contribution in [0.1, 0.15) is 31.2 Å². The molecule has 1 aromatic heterocycles. The summed E-state index contributed by atoms with van der Waals surface area (Å²) in [5, 5.41) is 0.724. The summed E-state index contributed by atoms with van der Waals surface area (Å²) in [6.45, 7) is 0. The van der Waals surface area contributed by atoms with Gasteiger partial charge in [0.25, 0.3) is 0 Å². The summed E-state index contributed by atoms with van der Waals surface area (Å²) >= 11 is 6.36. The minimum Gasteiger partial charge on any atom is -0.321 e. The smallest absolute Gasteiger partial charge is 0.0992 e. The highest BCUT2D eigenvalue weighted by molar-refractivity contribution is 6.32. The highest BCUT2D eigenvalue weighted by atomic mass is 35.5. The summed E-state index contributed by atoms with van der Waals surface area (Å²) in [6.07, 6.45) is 9.88. The van der Waals surface area contributed by atoms with E-state index in [-0.39, 0.29) is 5.54 Å². The number of halogens is 1. The van der Waals surface area contributed by atoms with Gasteiger partial charge in [0.2, 0.25) is 0 Å². The molecular weight excluding hydrogens is 246 g/mol. The van der Waals surface area contributed by atoms with Crippen LogP contribution in [-0.2, 0) is 5.54 Å². The number of imidazole rings is 1. The Balaban J connectivity index is 1.99. The minimum atomic E-state index is -0.183. The van der Waals surface area contributed by atoms with Crippen LogP contribution in [0.4, 0.5) is 0 Å². The van der Waals surface area contributed by atoms with E-state index in [1.165, 1.54) is 12.8 Å². The maximum atomic E-state index is 6.44. The molecule has 3 rings (SSSR count). The highest BCUT2D eigenvalue weighted by Gasteiger charge is 2.31. The zero-order chi connectivity index (χ0) is 12.6. The molecular formula is C14H16ClN3. The van der Waals surface area contributed by atoms with Crippen molar-refractivity contribution in [3.8, 4) is 5.69 Å². The van der Waals surface area contributed by atoms with Gasteiger partial charge in [0.1, 0.15) is 0 Å². The molecule has 18 heavy (non-hydrogen) atoms. The van der Waals surface area contributed by atoms with Crippen molar-refractivity contribution in [1.29, 1.82) is 0 Å². The van der Waals surface area contributed by atoms with Gasteiger partial charge in [-0.15, -0.1) is 0 Å². The van der Waals surface area contributed by atoms with E-state index in [1.54, 1.807) is 12.5 Å². The summed E-state index contributed by atoms with van der Waals surface area (Å²) in [5.41, 5.74) is 8.35. The average Bonchev–Trinajstić information content (AvgIpc) is 3.00. The Labute approximate surface area is 112 Å². The van der Waals surface area contributed by atoms with E-state index in [9.17, 15) is 0 Å². The summed E-state index contributed by atoms with van der Waals surface area (Å²) in [7, 11) is 0. The number of hydrogen-bond acceptors (Lipinski definition) is 2. The molecule has 0 aliphatic heterocycles. The first-order chi connectivity index (χ1) is 8.69. The van der Waals surface area contributed by atoms with Gasteiger partial charge >= 0.3 is 0 Å². The Morgan fingerprint density at radius 2 is 2.06 bits per heavy atom. The quantitative estimate of drug-likeness (QED) is 0.902. The van der Waals surface area contributed by atoms with Gasteiger partial charge in [-0.3, -0.25) is 0 Å². The SMILES string of the molecule is NC1(c2ccc(-n3ccnc3)c(Cl)c2)CCCC1. The predicted molar refractivity (Wildman–Crippen MR) is 72.9 cm³/mol. The lowest BCUT2D eigenvalue weighted by molar-refractivity contribution is 0.462. The fourth-order valence-corrected chi connectivity index (χ4v) is 3.00. The molecule has 0 radical (unpaired) electrons. The van der Waals surface area contributed by atoms with Gasteiger partial charge in [0, 0.05) is 17.9 Å². The van der Waals surface area contributed by atoms with Crippen molar-refractivity contribution in [2.45, 2.75) is 31.2 Å². The molecule has 0 spiro atoms. The first-order valence-electron chi connectivity index (χ1n) is 6.26. The van der Waals surface area contributed by atoms with Crippen LogP contribution < -0.4 is 5.73 Å². The maximum Gasteiger partial charge on any atom is 0.0992 e. The van der Waals surface area contributed by atoms with Gasteiger partial charge in [-0.1, -0.05) is 30.5 Å². The van der Waals surface area contributed by atoms with Crippen molar-refractivity contribution < 1.29 is 0 Å². The molecule has 1 aliphatic carbocycles. The first kappa shape index (κ1) is 11.8. The third-order valence-electron chi connectivity index (χ3n) is 3.80. The van der Waals surface area contributed by atoms with E-state index in [0.717, 1.165) is 29.1 Å². The Hall–Kier alpha value is -1.32. The number of nitrogens with zero attached hydrogens (tertiary/aromatic N) is 2. The summed E-state index contributed by atoms with van der Waals surface area (Å²) < 4.78 is 1.91. The molecule has 0 amide bonds. The number of nitrogens with two attached hydrogens (primary N) is 1. The molecule has 1 aliphatic rings. The maximum absolute atomic E-state index is 6.44. The van der Waals surface area contributed by atoms with Gasteiger partial charge in [-0.2, -0.15) is 0 Å².